The summed E-state index contributed by atoms with van der Waals surface area (Å²) in [6.07, 6.45) is 6.57. The third kappa shape index (κ3) is 2.70. The van der Waals surface area contributed by atoms with Gasteiger partial charge in [-0.25, -0.2) is 0 Å². The van der Waals surface area contributed by atoms with Crippen molar-refractivity contribution in [1.82, 2.24) is 9.97 Å². The molecule has 0 spiro atoms. The Kier molecular flexibility index (Phi) is 5.61. The van der Waals surface area contributed by atoms with E-state index in [1.54, 1.807) is 12.4 Å². The van der Waals surface area contributed by atoms with Crippen molar-refractivity contribution in [2.24, 2.45) is 5.73 Å². The van der Waals surface area contributed by atoms with Crippen LogP contribution in [0.5, 0.6) is 0 Å². The fraction of sp³-hybridized carbons (Fsp3) is 0.333. The van der Waals surface area contributed by atoms with Crippen LogP contribution in [-0.2, 0) is 0 Å². The lowest BCUT2D eigenvalue weighted by molar-refractivity contribution is 1.09. The minimum Gasteiger partial charge on any atom is -0.403 e. The Morgan fingerprint density at radius 2 is 1.67 bits per heavy atom. The molecule has 0 saturated carbocycles. The van der Waals surface area contributed by atoms with E-state index in [2.05, 4.69) is 9.97 Å². The average Bonchev–Trinajstić information content (AvgIpc) is 2.20. The molecule has 0 bridgehead atoms. The van der Waals surface area contributed by atoms with Gasteiger partial charge in [-0.1, -0.05) is 19.9 Å². The summed E-state index contributed by atoms with van der Waals surface area (Å²) in [5.41, 5.74) is 5.28. The van der Waals surface area contributed by atoms with Gasteiger partial charge < -0.3 is 5.73 Å². The second-order valence-electron chi connectivity index (χ2n) is 1.78. The van der Waals surface area contributed by atoms with Crippen LogP contribution in [-0.4, -0.2) is 9.97 Å². The van der Waals surface area contributed by atoms with E-state index in [-0.39, 0.29) is 0 Å². The molecule has 1 heterocycles. The monoisotopic (exact) mass is 165 g/mol. The zero-order chi connectivity index (χ0) is 9.40. The zero-order valence-electron chi connectivity index (χ0n) is 7.78. The standard InChI is InChI=1S/C7H9N3.C2H6/c1-2-6-7(5-8)10-4-3-9-6;1-2/h2-5H,8H2,1H3;1-2H3/b6-2+,7-5+;. The summed E-state index contributed by atoms with van der Waals surface area (Å²) >= 11 is 0. The van der Waals surface area contributed by atoms with Gasteiger partial charge in [0, 0.05) is 18.6 Å². The van der Waals surface area contributed by atoms with E-state index in [0.29, 0.717) is 0 Å². The van der Waals surface area contributed by atoms with Crippen LogP contribution in [0.2, 0.25) is 0 Å². The summed E-state index contributed by atoms with van der Waals surface area (Å²) in [5.74, 6) is 0. The summed E-state index contributed by atoms with van der Waals surface area (Å²) in [7, 11) is 0. The van der Waals surface area contributed by atoms with Crippen LogP contribution < -0.4 is 16.4 Å². The molecule has 0 atom stereocenters. The fourth-order valence-electron chi connectivity index (χ4n) is 0.710. The van der Waals surface area contributed by atoms with E-state index in [1.807, 2.05) is 26.8 Å². The van der Waals surface area contributed by atoms with Gasteiger partial charge in [0.15, 0.2) is 0 Å². The van der Waals surface area contributed by atoms with Gasteiger partial charge in [0.2, 0.25) is 0 Å². The van der Waals surface area contributed by atoms with Crippen LogP contribution in [0.4, 0.5) is 0 Å². The first kappa shape index (κ1) is 10.6. The van der Waals surface area contributed by atoms with Crippen molar-refractivity contribution < 1.29 is 0 Å². The molecule has 0 unspecified atom stereocenters. The minimum atomic E-state index is 0.727. The van der Waals surface area contributed by atoms with Gasteiger partial charge in [-0.05, 0) is 6.92 Å². The van der Waals surface area contributed by atoms with Gasteiger partial charge in [-0.2, -0.15) is 0 Å². The first-order valence-electron chi connectivity index (χ1n) is 4.03. The van der Waals surface area contributed by atoms with Gasteiger partial charge in [-0.15, -0.1) is 0 Å². The number of hydrogen-bond acceptors (Lipinski definition) is 3. The second kappa shape index (κ2) is 6.34. The van der Waals surface area contributed by atoms with Crippen LogP contribution in [0.15, 0.2) is 12.4 Å². The van der Waals surface area contributed by atoms with Crippen molar-refractivity contribution in [1.29, 1.82) is 0 Å². The van der Waals surface area contributed by atoms with Crippen molar-refractivity contribution >= 4 is 12.3 Å². The van der Waals surface area contributed by atoms with Crippen LogP contribution in [0.3, 0.4) is 0 Å². The molecule has 1 rings (SSSR count). The number of nitrogens with two attached hydrogens (primary N) is 1. The Bertz CT molecular complexity index is 284. The highest BCUT2D eigenvalue weighted by atomic mass is 14.8. The lowest BCUT2D eigenvalue weighted by atomic mass is 10.5. The van der Waals surface area contributed by atoms with Crippen molar-refractivity contribution in [2.45, 2.75) is 20.8 Å². The van der Waals surface area contributed by atoms with Crippen LogP contribution in [0.1, 0.15) is 20.8 Å². The quantitative estimate of drug-likeness (QED) is 0.588. The SMILES string of the molecule is C/C=c1/nccn/c1=C/N.CC. The van der Waals surface area contributed by atoms with Crippen LogP contribution in [0, 0.1) is 0 Å². The van der Waals surface area contributed by atoms with Gasteiger partial charge in [0.25, 0.3) is 0 Å². The molecule has 0 aliphatic carbocycles. The predicted molar refractivity (Wildman–Crippen MR) is 51.4 cm³/mol. The molecule has 0 amide bonds. The molecule has 1 aromatic heterocycles. The summed E-state index contributed by atoms with van der Waals surface area (Å²) in [6, 6.07) is 0. The van der Waals surface area contributed by atoms with Crippen molar-refractivity contribution in [3.8, 4) is 0 Å². The lowest BCUT2D eigenvalue weighted by Crippen LogP contribution is -2.31. The van der Waals surface area contributed by atoms with Gasteiger partial charge in [0.05, 0.1) is 5.35 Å². The third-order valence-corrected chi connectivity index (χ3v) is 1.19. The Morgan fingerprint density at radius 3 is 2.00 bits per heavy atom. The van der Waals surface area contributed by atoms with Crippen LogP contribution in [0.25, 0.3) is 12.3 Å². The predicted octanol–water partition coefficient (Wildman–Crippen LogP) is -0.0001000. The Morgan fingerprint density at radius 1 is 1.17 bits per heavy atom. The highest BCUT2D eigenvalue weighted by molar-refractivity contribution is 5.19. The number of rotatable bonds is 0. The average molecular weight is 165 g/mol. The Balaban J connectivity index is 0.000000561. The first-order chi connectivity index (χ1) is 5.88. The van der Waals surface area contributed by atoms with Gasteiger partial charge in [0.1, 0.15) is 5.35 Å². The van der Waals surface area contributed by atoms with Crippen molar-refractivity contribution in [2.75, 3.05) is 0 Å². The second-order valence-corrected chi connectivity index (χ2v) is 1.78. The molecule has 0 radical (unpaired) electrons. The van der Waals surface area contributed by atoms with Gasteiger partial charge in [-0.3, -0.25) is 9.97 Å². The molecule has 3 nitrogen and oxygen atoms in total. The minimum absolute atomic E-state index is 0.727. The molecule has 2 N–H and O–H groups in total. The highest BCUT2D eigenvalue weighted by Gasteiger charge is 1.80. The van der Waals surface area contributed by atoms with E-state index in [1.165, 1.54) is 6.20 Å². The van der Waals surface area contributed by atoms with E-state index in [0.717, 1.165) is 10.7 Å². The first-order valence-corrected chi connectivity index (χ1v) is 4.03. The highest BCUT2D eigenvalue weighted by Crippen LogP contribution is 1.57. The normalized spacial score (nSPS) is 12.2. The molecule has 3 heteroatoms. The molecular weight excluding hydrogens is 150 g/mol. The van der Waals surface area contributed by atoms with Gasteiger partial charge >= 0.3 is 0 Å². The number of nitrogens with zero attached hydrogens (tertiary/aromatic N) is 2. The summed E-state index contributed by atoms with van der Waals surface area (Å²) in [5, 5.41) is 1.55. The topological polar surface area (TPSA) is 51.8 Å². The van der Waals surface area contributed by atoms with E-state index in [9.17, 15) is 0 Å². The summed E-state index contributed by atoms with van der Waals surface area (Å²) in [4.78, 5) is 8.03. The summed E-state index contributed by atoms with van der Waals surface area (Å²) < 4.78 is 0. The Hall–Kier alpha value is -1.38. The third-order valence-electron chi connectivity index (χ3n) is 1.19. The maximum absolute atomic E-state index is 5.28. The fourth-order valence-corrected chi connectivity index (χ4v) is 0.710. The molecule has 0 aliphatic rings. The maximum atomic E-state index is 5.28. The summed E-state index contributed by atoms with van der Waals surface area (Å²) in [6.45, 7) is 5.90. The zero-order valence-corrected chi connectivity index (χ0v) is 7.78. The molecule has 66 valence electrons. The number of hydrogen-bond donors (Lipinski definition) is 1. The molecule has 0 aromatic carbocycles. The molecule has 12 heavy (non-hydrogen) atoms. The molecule has 0 saturated heterocycles. The number of aromatic nitrogens is 2. The van der Waals surface area contributed by atoms with Crippen molar-refractivity contribution in [3.63, 3.8) is 0 Å². The molecule has 0 fully saturated rings. The van der Waals surface area contributed by atoms with E-state index in [4.69, 9.17) is 5.73 Å². The maximum Gasteiger partial charge on any atom is 0.104 e. The Labute approximate surface area is 72.7 Å². The smallest absolute Gasteiger partial charge is 0.104 e. The molecular formula is C9H15N3. The molecule has 0 aliphatic heterocycles. The lowest BCUT2D eigenvalue weighted by Gasteiger charge is -1.84. The van der Waals surface area contributed by atoms with E-state index >= 15 is 0 Å². The molecule has 1 aromatic rings. The van der Waals surface area contributed by atoms with Crippen LogP contribution >= 0.6 is 0 Å². The van der Waals surface area contributed by atoms with E-state index < -0.39 is 0 Å². The largest absolute Gasteiger partial charge is 0.403 e. The van der Waals surface area contributed by atoms with Crippen molar-refractivity contribution in [3.05, 3.63) is 23.1 Å².